The molecule has 0 aliphatic rings. The van der Waals surface area contributed by atoms with Crippen LogP contribution >= 0.6 is 0 Å². The van der Waals surface area contributed by atoms with Crippen molar-refractivity contribution in [3.05, 3.63) is 164 Å². The van der Waals surface area contributed by atoms with E-state index in [0.717, 1.165) is 10.8 Å². The van der Waals surface area contributed by atoms with Crippen molar-refractivity contribution in [3.8, 4) is 30.0 Å². The van der Waals surface area contributed by atoms with Crippen LogP contribution in [0.3, 0.4) is 0 Å². The highest BCUT2D eigenvalue weighted by Crippen LogP contribution is 2.47. The van der Waals surface area contributed by atoms with Gasteiger partial charge in [-0.05, 0) is 72.1 Å². The maximum atomic E-state index is 10.8. The maximum absolute atomic E-state index is 10.8. The third-order valence-corrected chi connectivity index (χ3v) is 8.75. The topological polar surface area (TPSA) is 126 Å². The zero-order chi connectivity index (χ0) is 35.1. The average Bonchev–Trinajstić information content (AvgIpc) is 3.69. The highest BCUT2D eigenvalue weighted by molar-refractivity contribution is 6.16. The zero-order valence-electron chi connectivity index (χ0n) is 26.1. The lowest BCUT2D eigenvalue weighted by Gasteiger charge is -2.25. The summed E-state index contributed by atoms with van der Waals surface area (Å²) in [5, 5.41) is 43.4. The molecule has 0 saturated carbocycles. The summed E-state index contributed by atoms with van der Waals surface area (Å²) in [5.41, 5.74) is 4.80. The van der Waals surface area contributed by atoms with Crippen LogP contribution in [0.2, 0.25) is 0 Å². The van der Waals surface area contributed by atoms with Gasteiger partial charge in [-0.2, -0.15) is 21.0 Å². The summed E-state index contributed by atoms with van der Waals surface area (Å²) in [6.45, 7) is 25.7. The average molecular weight is 639 g/mol. The molecule has 50 heavy (non-hydrogen) atoms. The Hall–Kier alpha value is -8.13. The molecule has 7 aromatic rings. The van der Waals surface area contributed by atoms with Crippen LogP contribution in [0.5, 0.6) is 0 Å². The molecule has 1 atom stereocenters. The molecule has 0 fully saturated rings. The molecule has 0 amide bonds. The number of fused-ring (bicyclic) bond motifs is 5. The molecule has 0 N–H and O–H groups in total. The van der Waals surface area contributed by atoms with Crippen LogP contribution in [0.4, 0.5) is 17.1 Å². The first-order chi connectivity index (χ1) is 24.4. The van der Waals surface area contributed by atoms with Gasteiger partial charge >= 0.3 is 0 Å². The molecule has 5 aromatic carbocycles. The maximum Gasteiger partial charge on any atom is 0.212 e. The van der Waals surface area contributed by atoms with E-state index in [1.54, 1.807) is 31.2 Å². The SMILES string of the molecule is [C-]#[N+]c1cc(C#N)c(C(c2cc(C#N)c(-n3c4ccccc4c4oc5ccccc5c43)c([N+]#[C-])c2)c2c(C#N)cc(C)cc2[N+]#[C-])c(C#N)c1. The minimum atomic E-state index is -1.11. The summed E-state index contributed by atoms with van der Waals surface area (Å²) >= 11 is 0. The van der Waals surface area contributed by atoms with Crippen LogP contribution in [0, 0.1) is 72.0 Å². The predicted octanol–water partition coefficient (Wildman–Crippen LogP) is 10.2. The van der Waals surface area contributed by atoms with Crippen molar-refractivity contribution in [1.29, 1.82) is 21.0 Å². The molecular weight excluding hydrogens is 621 g/mol. The normalized spacial score (nSPS) is 11.1. The van der Waals surface area contributed by atoms with Crippen molar-refractivity contribution < 1.29 is 4.42 Å². The molecule has 0 spiro atoms. The van der Waals surface area contributed by atoms with Gasteiger partial charge in [-0.25, -0.2) is 14.5 Å². The van der Waals surface area contributed by atoms with Crippen LogP contribution in [0.1, 0.15) is 50.4 Å². The summed E-state index contributed by atoms with van der Waals surface area (Å²) in [6, 6.07) is 32.8. The third kappa shape index (κ3) is 4.49. The summed E-state index contributed by atoms with van der Waals surface area (Å²) in [4.78, 5) is 11.1. The lowest BCUT2D eigenvalue weighted by atomic mass is 9.77. The molecule has 2 aromatic heterocycles. The number of hydrogen-bond acceptors (Lipinski definition) is 5. The quantitative estimate of drug-likeness (QED) is 0.140. The van der Waals surface area contributed by atoms with E-state index in [2.05, 4.69) is 38.8 Å². The second kappa shape index (κ2) is 11.9. The molecule has 9 heteroatoms. The van der Waals surface area contributed by atoms with E-state index in [0.29, 0.717) is 39.0 Å². The number of benzene rings is 5. The van der Waals surface area contributed by atoms with E-state index in [9.17, 15) is 21.0 Å². The number of rotatable bonds is 4. The summed E-state index contributed by atoms with van der Waals surface area (Å²) < 4.78 is 8.15. The van der Waals surface area contributed by atoms with Crippen molar-refractivity contribution in [2.75, 3.05) is 0 Å². The lowest BCUT2D eigenvalue weighted by molar-refractivity contribution is 0.673. The molecule has 9 nitrogen and oxygen atoms in total. The van der Waals surface area contributed by atoms with Gasteiger partial charge in [-0.15, -0.1) is 0 Å². The minimum Gasteiger partial charge on any atom is -0.454 e. The van der Waals surface area contributed by atoms with Crippen LogP contribution in [0.15, 0.2) is 89.3 Å². The summed E-state index contributed by atoms with van der Waals surface area (Å²) in [7, 11) is 0. The van der Waals surface area contributed by atoms with Crippen molar-refractivity contribution in [3.63, 3.8) is 0 Å². The van der Waals surface area contributed by atoms with Gasteiger partial charge < -0.3 is 8.98 Å². The number of aromatic nitrogens is 1. The molecule has 7 rings (SSSR count). The Labute approximate surface area is 286 Å². The van der Waals surface area contributed by atoms with E-state index in [-0.39, 0.29) is 50.4 Å². The first kappa shape index (κ1) is 30.5. The van der Waals surface area contributed by atoms with Crippen molar-refractivity contribution >= 4 is 50.0 Å². The van der Waals surface area contributed by atoms with Gasteiger partial charge in [0.2, 0.25) is 5.69 Å². The van der Waals surface area contributed by atoms with Gasteiger partial charge in [0.1, 0.15) is 5.58 Å². The van der Waals surface area contributed by atoms with E-state index in [1.165, 1.54) is 12.1 Å². The first-order valence-corrected chi connectivity index (χ1v) is 15.0. The van der Waals surface area contributed by atoms with Crippen LogP contribution < -0.4 is 0 Å². The molecule has 0 bridgehead atoms. The van der Waals surface area contributed by atoms with Crippen LogP contribution in [-0.2, 0) is 0 Å². The number of furan rings is 1. The Kier molecular flexibility index (Phi) is 7.27. The highest BCUT2D eigenvalue weighted by Gasteiger charge is 2.31. The smallest absolute Gasteiger partial charge is 0.212 e. The van der Waals surface area contributed by atoms with Gasteiger partial charge in [0, 0.05) is 33.4 Å². The van der Waals surface area contributed by atoms with Crippen molar-refractivity contribution in [2.24, 2.45) is 0 Å². The molecule has 228 valence electrons. The largest absolute Gasteiger partial charge is 0.454 e. The summed E-state index contributed by atoms with van der Waals surface area (Å²) in [5.74, 6) is -1.11. The van der Waals surface area contributed by atoms with E-state index < -0.39 is 5.92 Å². The molecule has 1 unspecified atom stereocenters. The Morgan fingerprint density at radius 1 is 0.660 bits per heavy atom. The second-order valence-electron chi connectivity index (χ2n) is 11.5. The zero-order valence-corrected chi connectivity index (χ0v) is 26.1. The van der Waals surface area contributed by atoms with Gasteiger partial charge in [0.25, 0.3) is 0 Å². The molecule has 0 aliphatic heterocycles. The molecular formula is C41H18N8O. The van der Waals surface area contributed by atoms with Gasteiger partial charge in [-0.1, -0.05) is 42.0 Å². The van der Waals surface area contributed by atoms with Gasteiger partial charge in [-0.3, -0.25) is 0 Å². The standard InChI is InChI=1S/C41H18N8O/c1-23-13-25(19-42)37(32(14-23)47-3)38(36-26(20-43)16-29(46-2)17-27(36)21-44)24-15-28(22-45)39(33(18-24)48-4)49-34-11-7-5-9-30(34)41-40(49)31-10-6-8-12-35(31)50-41/h5-18,38H,1H3. The number of aryl methyl sites for hydroxylation is 1. The number of para-hydroxylation sites is 2. The molecule has 2 heterocycles. The number of nitrogens with zero attached hydrogens (tertiary/aromatic N) is 8. The lowest BCUT2D eigenvalue weighted by Crippen LogP contribution is -2.12. The second-order valence-corrected chi connectivity index (χ2v) is 11.5. The number of hydrogen-bond donors (Lipinski definition) is 0. The Morgan fingerprint density at radius 2 is 1.28 bits per heavy atom. The fourth-order valence-corrected chi connectivity index (χ4v) is 6.81. The Balaban J connectivity index is 1.64. The minimum absolute atomic E-state index is 0.00429. The molecule has 0 radical (unpaired) electrons. The summed E-state index contributed by atoms with van der Waals surface area (Å²) in [6.07, 6.45) is 0. The van der Waals surface area contributed by atoms with Gasteiger partial charge in [0.05, 0.1) is 66.3 Å². The Morgan fingerprint density at radius 3 is 1.92 bits per heavy atom. The highest BCUT2D eigenvalue weighted by atomic mass is 16.3. The Bertz CT molecular complexity index is 2820. The van der Waals surface area contributed by atoms with Crippen LogP contribution in [0.25, 0.3) is 53.2 Å². The third-order valence-electron chi connectivity index (χ3n) is 8.75. The fraction of sp³-hybridized carbons (Fsp3) is 0.0488. The number of nitriles is 4. The predicted molar refractivity (Wildman–Crippen MR) is 187 cm³/mol. The van der Waals surface area contributed by atoms with E-state index in [1.807, 2.05) is 53.1 Å². The first-order valence-electron chi connectivity index (χ1n) is 15.0. The monoisotopic (exact) mass is 638 g/mol. The van der Waals surface area contributed by atoms with Crippen LogP contribution in [-0.4, -0.2) is 4.57 Å². The fourth-order valence-electron chi connectivity index (χ4n) is 6.81. The van der Waals surface area contributed by atoms with E-state index >= 15 is 0 Å². The molecule has 0 saturated heterocycles. The van der Waals surface area contributed by atoms with Crippen molar-refractivity contribution in [2.45, 2.75) is 12.8 Å². The molecule has 0 aliphatic carbocycles. The van der Waals surface area contributed by atoms with E-state index in [4.69, 9.17) is 24.1 Å². The van der Waals surface area contributed by atoms with Crippen molar-refractivity contribution in [1.82, 2.24) is 4.57 Å². The van der Waals surface area contributed by atoms with Gasteiger partial charge in [0.15, 0.2) is 17.0 Å².